The van der Waals surface area contributed by atoms with Gasteiger partial charge >= 0.3 is 5.97 Å². The molecule has 1 N–H and O–H groups in total. The van der Waals surface area contributed by atoms with Crippen LogP contribution in [0.1, 0.15) is 34.8 Å². The normalized spacial score (nSPS) is 12.0. The molecule has 0 bridgehead atoms. The molecule has 33 heavy (non-hydrogen) atoms. The first-order chi connectivity index (χ1) is 16.1. The van der Waals surface area contributed by atoms with Crippen molar-refractivity contribution in [2.24, 2.45) is 0 Å². The van der Waals surface area contributed by atoms with E-state index in [0.717, 1.165) is 11.1 Å². The van der Waals surface area contributed by atoms with Crippen molar-refractivity contribution >= 4 is 23.7 Å². The van der Waals surface area contributed by atoms with Gasteiger partial charge in [-0.3, -0.25) is 9.59 Å². The number of hydrogen-bond donors (Lipinski definition) is 1. The minimum Gasteiger partial charge on any atom is -0.463 e. The van der Waals surface area contributed by atoms with Crippen molar-refractivity contribution in [3.63, 3.8) is 0 Å². The highest BCUT2D eigenvalue weighted by Gasteiger charge is 2.25. The summed E-state index contributed by atoms with van der Waals surface area (Å²) in [6.07, 6.45) is 1.83. The van der Waals surface area contributed by atoms with E-state index in [1.165, 1.54) is 0 Å². The van der Waals surface area contributed by atoms with E-state index in [1.807, 2.05) is 66.7 Å². The van der Waals surface area contributed by atoms with Crippen molar-refractivity contribution in [3.05, 3.63) is 113 Å². The van der Waals surface area contributed by atoms with Crippen LogP contribution in [0.2, 0.25) is 0 Å². The summed E-state index contributed by atoms with van der Waals surface area (Å²) in [5.74, 6) is -1.14. The minimum atomic E-state index is -0.797. The van der Waals surface area contributed by atoms with Crippen molar-refractivity contribution in [3.8, 4) is 0 Å². The van der Waals surface area contributed by atoms with Crippen LogP contribution in [0.25, 0.3) is 6.08 Å². The van der Waals surface area contributed by atoms with Gasteiger partial charge < -0.3 is 10.1 Å². The number of amides is 1. The molecule has 0 spiro atoms. The van der Waals surface area contributed by atoms with E-state index in [2.05, 4.69) is 5.32 Å². The Hall–Kier alpha value is -3.99. The van der Waals surface area contributed by atoms with E-state index in [0.29, 0.717) is 12.0 Å². The van der Waals surface area contributed by atoms with Gasteiger partial charge in [-0.25, -0.2) is 4.79 Å². The molecule has 3 rings (SSSR count). The molecule has 0 aliphatic heterocycles. The maximum absolute atomic E-state index is 13.4. The summed E-state index contributed by atoms with van der Waals surface area (Å²) >= 11 is 0. The fourth-order valence-corrected chi connectivity index (χ4v) is 3.39. The second-order valence-corrected chi connectivity index (χ2v) is 7.53. The van der Waals surface area contributed by atoms with Crippen molar-refractivity contribution in [2.45, 2.75) is 25.8 Å². The molecule has 168 valence electrons. The Labute approximate surface area is 194 Å². The summed E-state index contributed by atoms with van der Waals surface area (Å²) in [5, 5.41) is 2.85. The van der Waals surface area contributed by atoms with Gasteiger partial charge in [-0.15, -0.1) is 0 Å². The monoisotopic (exact) mass is 441 g/mol. The van der Waals surface area contributed by atoms with Gasteiger partial charge in [0.15, 0.2) is 5.78 Å². The molecule has 0 unspecified atom stereocenters. The third-order valence-electron chi connectivity index (χ3n) is 5.06. The molecule has 0 saturated heterocycles. The summed E-state index contributed by atoms with van der Waals surface area (Å²) in [6.45, 7) is 1.93. The van der Waals surface area contributed by atoms with Crippen LogP contribution >= 0.6 is 0 Å². The Morgan fingerprint density at radius 3 is 2.03 bits per heavy atom. The maximum atomic E-state index is 13.4. The van der Waals surface area contributed by atoms with Crippen LogP contribution in [0, 0.1) is 0 Å². The lowest BCUT2D eigenvalue weighted by molar-refractivity contribution is -0.139. The van der Waals surface area contributed by atoms with Gasteiger partial charge in [-0.2, -0.15) is 0 Å². The number of rotatable bonds is 10. The van der Waals surface area contributed by atoms with Crippen LogP contribution in [-0.4, -0.2) is 30.3 Å². The molecule has 1 atom stereocenters. The Morgan fingerprint density at radius 1 is 0.848 bits per heavy atom. The highest BCUT2D eigenvalue weighted by Crippen LogP contribution is 2.16. The number of hydrogen-bond acceptors (Lipinski definition) is 4. The number of ketones is 1. The molecule has 0 heterocycles. The van der Waals surface area contributed by atoms with Crippen LogP contribution < -0.4 is 5.32 Å². The SMILES string of the molecule is CCOC(=O)/C(=C\c1ccccc1)CC(=O)[C@H](Cc1ccccc1)NC(=O)c1ccccc1. The zero-order chi connectivity index (χ0) is 23.5. The quantitative estimate of drug-likeness (QED) is 0.368. The van der Waals surface area contributed by atoms with Gasteiger partial charge in [0.1, 0.15) is 0 Å². The number of esters is 1. The fourth-order valence-electron chi connectivity index (χ4n) is 3.39. The van der Waals surface area contributed by atoms with E-state index < -0.39 is 12.0 Å². The zero-order valence-corrected chi connectivity index (χ0v) is 18.6. The zero-order valence-electron chi connectivity index (χ0n) is 18.6. The molecular weight excluding hydrogens is 414 g/mol. The molecule has 0 fully saturated rings. The summed E-state index contributed by atoms with van der Waals surface area (Å²) in [5.41, 5.74) is 2.42. The molecule has 0 saturated carbocycles. The van der Waals surface area contributed by atoms with Gasteiger partial charge in [0.25, 0.3) is 5.91 Å². The topological polar surface area (TPSA) is 72.5 Å². The number of carbonyl (C=O) groups excluding carboxylic acids is 3. The second-order valence-electron chi connectivity index (χ2n) is 7.53. The summed E-state index contributed by atoms with van der Waals surface area (Å²) < 4.78 is 5.18. The van der Waals surface area contributed by atoms with Gasteiger partial charge in [-0.05, 0) is 42.7 Å². The van der Waals surface area contributed by atoms with Gasteiger partial charge in [-0.1, -0.05) is 78.9 Å². The Balaban J connectivity index is 1.85. The third-order valence-corrected chi connectivity index (χ3v) is 5.06. The largest absolute Gasteiger partial charge is 0.463 e. The van der Waals surface area contributed by atoms with Crippen molar-refractivity contribution in [1.29, 1.82) is 0 Å². The van der Waals surface area contributed by atoms with E-state index in [9.17, 15) is 14.4 Å². The lowest BCUT2D eigenvalue weighted by Crippen LogP contribution is -2.42. The Bertz CT molecular complexity index is 1090. The van der Waals surface area contributed by atoms with Crippen molar-refractivity contribution in [1.82, 2.24) is 5.32 Å². The molecule has 5 heteroatoms. The molecule has 1 amide bonds. The highest BCUT2D eigenvalue weighted by atomic mass is 16.5. The number of nitrogens with one attached hydrogen (secondary N) is 1. The fraction of sp³-hybridized carbons (Fsp3) is 0.179. The number of carbonyl (C=O) groups is 3. The van der Waals surface area contributed by atoms with Crippen LogP contribution in [0.3, 0.4) is 0 Å². The number of benzene rings is 3. The first-order valence-corrected chi connectivity index (χ1v) is 10.9. The second kappa shape index (κ2) is 12.2. The predicted molar refractivity (Wildman–Crippen MR) is 129 cm³/mol. The Kier molecular flexibility index (Phi) is 8.71. The molecule has 0 aliphatic carbocycles. The molecule has 0 radical (unpaired) electrons. The van der Waals surface area contributed by atoms with Crippen molar-refractivity contribution < 1.29 is 19.1 Å². The molecular formula is C28H27NO4. The van der Waals surface area contributed by atoms with Gasteiger partial charge in [0.05, 0.1) is 12.6 Å². The first kappa shape index (κ1) is 23.7. The van der Waals surface area contributed by atoms with Gasteiger partial charge in [0, 0.05) is 17.6 Å². The average Bonchev–Trinajstić information content (AvgIpc) is 2.85. The minimum absolute atomic E-state index is 0.152. The van der Waals surface area contributed by atoms with Crippen LogP contribution in [0.5, 0.6) is 0 Å². The lowest BCUT2D eigenvalue weighted by atomic mass is 9.96. The molecule has 0 aliphatic rings. The molecule has 0 aromatic heterocycles. The molecule has 3 aromatic carbocycles. The van der Waals surface area contributed by atoms with E-state index >= 15 is 0 Å². The number of ether oxygens (including phenoxy) is 1. The van der Waals surface area contributed by atoms with E-state index in [1.54, 1.807) is 37.3 Å². The summed E-state index contributed by atoms with van der Waals surface area (Å²) in [7, 11) is 0. The maximum Gasteiger partial charge on any atom is 0.334 e. The van der Waals surface area contributed by atoms with Crippen LogP contribution in [0.15, 0.2) is 96.6 Å². The van der Waals surface area contributed by atoms with Crippen LogP contribution in [0.4, 0.5) is 0 Å². The number of Topliss-reactive ketones (excluding diaryl/α,β-unsaturated/α-hetero) is 1. The van der Waals surface area contributed by atoms with E-state index in [4.69, 9.17) is 4.74 Å². The smallest absolute Gasteiger partial charge is 0.334 e. The van der Waals surface area contributed by atoms with Gasteiger partial charge in [0.2, 0.25) is 0 Å². The average molecular weight is 442 g/mol. The highest BCUT2D eigenvalue weighted by molar-refractivity contribution is 6.03. The Morgan fingerprint density at radius 2 is 1.42 bits per heavy atom. The van der Waals surface area contributed by atoms with Crippen LogP contribution in [-0.2, 0) is 20.7 Å². The standard InChI is InChI=1S/C28H27NO4/c1-2-33-28(32)24(18-21-12-6-3-7-13-21)20-26(30)25(19-22-14-8-4-9-15-22)29-27(31)23-16-10-5-11-17-23/h3-18,25H,2,19-20H2,1H3,(H,29,31)/b24-18-/t25-/m0/s1. The first-order valence-electron chi connectivity index (χ1n) is 10.9. The lowest BCUT2D eigenvalue weighted by Gasteiger charge is -2.19. The third kappa shape index (κ3) is 7.28. The predicted octanol–water partition coefficient (Wildman–Crippen LogP) is 4.63. The van der Waals surface area contributed by atoms with Crippen molar-refractivity contribution in [2.75, 3.05) is 6.61 Å². The summed E-state index contributed by atoms with van der Waals surface area (Å²) in [4.78, 5) is 38.7. The summed E-state index contributed by atoms with van der Waals surface area (Å²) in [6, 6.07) is 26.7. The van der Waals surface area contributed by atoms with E-state index in [-0.39, 0.29) is 30.3 Å². The molecule has 5 nitrogen and oxygen atoms in total. The molecule has 3 aromatic rings.